The number of nitrogens with two attached hydrogens (primary N) is 1. The van der Waals surface area contributed by atoms with E-state index in [4.69, 9.17) is 18.0 Å². The van der Waals surface area contributed by atoms with Crippen LogP contribution in [0.5, 0.6) is 0 Å². The van der Waals surface area contributed by atoms with Gasteiger partial charge in [0.1, 0.15) is 16.8 Å². The predicted molar refractivity (Wildman–Crippen MR) is 83.9 cm³/mol. The molecular formula is C14H20N4OS. The van der Waals surface area contributed by atoms with Gasteiger partial charge in [-0.25, -0.2) is 4.98 Å². The number of nitrogens with one attached hydrogen (secondary N) is 2. The van der Waals surface area contributed by atoms with Gasteiger partial charge >= 0.3 is 0 Å². The quantitative estimate of drug-likeness (QED) is 0.725. The van der Waals surface area contributed by atoms with Crippen molar-refractivity contribution in [1.82, 2.24) is 10.3 Å². The highest BCUT2D eigenvalue weighted by atomic mass is 32.1. The summed E-state index contributed by atoms with van der Waals surface area (Å²) < 4.78 is 0. The zero-order valence-corrected chi connectivity index (χ0v) is 12.6. The Balaban J connectivity index is 2.35. The molecule has 20 heavy (non-hydrogen) atoms. The Labute approximate surface area is 124 Å². The van der Waals surface area contributed by atoms with E-state index >= 15 is 0 Å². The SMILES string of the molecule is CNC(=O)C(C)Nc1nc2c(cc1C(N)=S)CCCC2. The number of amides is 1. The van der Waals surface area contributed by atoms with Crippen LogP contribution in [0.15, 0.2) is 6.07 Å². The molecule has 0 fully saturated rings. The molecule has 108 valence electrons. The second-order valence-electron chi connectivity index (χ2n) is 5.04. The Morgan fingerprint density at radius 2 is 2.15 bits per heavy atom. The molecule has 4 N–H and O–H groups in total. The van der Waals surface area contributed by atoms with Crippen LogP contribution in [-0.2, 0) is 17.6 Å². The summed E-state index contributed by atoms with van der Waals surface area (Å²) in [6, 6.07) is 1.63. The highest BCUT2D eigenvalue weighted by Gasteiger charge is 2.19. The Morgan fingerprint density at radius 1 is 1.45 bits per heavy atom. The molecule has 0 spiro atoms. The average molecular weight is 292 g/mol. The third-order valence-electron chi connectivity index (χ3n) is 3.56. The number of hydrogen-bond acceptors (Lipinski definition) is 4. The minimum atomic E-state index is -0.387. The maximum Gasteiger partial charge on any atom is 0.241 e. The van der Waals surface area contributed by atoms with E-state index in [2.05, 4.69) is 15.6 Å². The Morgan fingerprint density at radius 3 is 2.80 bits per heavy atom. The molecule has 1 unspecified atom stereocenters. The predicted octanol–water partition coefficient (Wildman–Crippen LogP) is 1.14. The lowest BCUT2D eigenvalue weighted by Crippen LogP contribution is -2.36. The summed E-state index contributed by atoms with van der Waals surface area (Å²) in [7, 11) is 1.61. The third-order valence-corrected chi connectivity index (χ3v) is 3.78. The van der Waals surface area contributed by atoms with Gasteiger partial charge in [0, 0.05) is 12.7 Å². The molecule has 2 rings (SSSR count). The fourth-order valence-corrected chi connectivity index (χ4v) is 2.57. The summed E-state index contributed by atoms with van der Waals surface area (Å²) in [6.07, 6.45) is 4.31. The second kappa shape index (κ2) is 6.17. The number of anilines is 1. The van der Waals surface area contributed by atoms with Crippen molar-refractivity contribution in [2.45, 2.75) is 38.6 Å². The van der Waals surface area contributed by atoms with E-state index in [0.717, 1.165) is 30.5 Å². The number of aromatic nitrogens is 1. The lowest BCUT2D eigenvalue weighted by atomic mass is 9.94. The largest absolute Gasteiger partial charge is 0.389 e. The van der Waals surface area contributed by atoms with Crippen molar-refractivity contribution in [2.75, 3.05) is 12.4 Å². The van der Waals surface area contributed by atoms with E-state index in [1.54, 1.807) is 14.0 Å². The summed E-state index contributed by atoms with van der Waals surface area (Å²) in [6.45, 7) is 1.78. The standard InChI is InChI=1S/C14H20N4OS/c1-8(14(19)16-2)17-13-10(12(15)20)7-9-5-3-4-6-11(9)18-13/h7-8H,3-6H2,1-2H3,(H2,15,20)(H,16,19)(H,17,18). The molecule has 0 saturated carbocycles. The molecule has 0 saturated heterocycles. The molecule has 1 amide bonds. The Hall–Kier alpha value is -1.69. The number of fused-ring (bicyclic) bond motifs is 1. The van der Waals surface area contributed by atoms with Crippen LogP contribution in [0, 0.1) is 0 Å². The topological polar surface area (TPSA) is 80.0 Å². The van der Waals surface area contributed by atoms with E-state index < -0.39 is 0 Å². The number of nitrogens with zero attached hydrogens (tertiary/aromatic N) is 1. The molecule has 0 bridgehead atoms. The normalized spacial score (nSPS) is 15.1. The van der Waals surface area contributed by atoms with E-state index in [-0.39, 0.29) is 11.9 Å². The minimum absolute atomic E-state index is 0.0987. The first kappa shape index (κ1) is 14.7. The zero-order chi connectivity index (χ0) is 14.7. The van der Waals surface area contributed by atoms with Crippen LogP contribution in [0.1, 0.15) is 36.6 Å². The number of rotatable bonds is 4. The summed E-state index contributed by atoms with van der Waals surface area (Å²) in [4.78, 5) is 16.6. The van der Waals surface area contributed by atoms with Gasteiger partial charge in [0.25, 0.3) is 0 Å². The molecule has 0 radical (unpaired) electrons. The molecule has 1 aromatic rings. The van der Waals surface area contributed by atoms with Gasteiger partial charge < -0.3 is 16.4 Å². The number of likely N-dealkylation sites (N-methyl/N-ethyl adjacent to an activating group) is 1. The van der Waals surface area contributed by atoms with Crippen molar-refractivity contribution in [1.29, 1.82) is 0 Å². The van der Waals surface area contributed by atoms with E-state index in [1.807, 2.05) is 6.07 Å². The first-order valence-electron chi connectivity index (χ1n) is 6.83. The van der Waals surface area contributed by atoms with Gasteiger partial charge in [0.05, 0.1) is 5.56 Å². The monoisotopic (exact) mass is 292 g/mol. The van der Waals surface area contributed by atoms with Crippen LogP contribution in [0.25, 0.3) is 0 Å². The third kappa shape index (κ3) is 3.07. The van der Waals surface area contributed by atoms with Gasteiger partial charge in [-0.3, -0.25) is 4.79 Å². The van der Waals surface area contributed by atoms with E-state index in [9.17, 15) is 4.79 Å². The molecule has 1 aliphatic carbocycles. The summed E-state index contributed by atoms with van der Waals surface area (Å²) in [5, 5.41) is 5.70. The van der Waals surface area contributed by atoms with Crippen molar-refractivity contribution in [3.63, 3.8) is 0 Å². The number of carbonyl (C=O) groups excluding carboxylic acids is 1. The molecule has 5 nitrogen and oxygen atoms in total. The molecule has 6 heteroatoms. The maximum atomic E-state index is 11.6. The summed E-state index contributed by atoms with van der Waals surface area (Å²) in [5.41, 5.74) is 8.81. The van der Waals surface area contributed by atoms with Crippen LogP contribution in [0.4, 0.5) is 5.82 Å². The maximum absolute atomic E-state index is 11.6. The Kier molecular flexibility index (Phi) is 4.54. The van der Waals surface area contributed by atoms with Crippen molar-refractivity contribution < 1.29 is 4.79 Å². The highest BCUT2D eigenvalue weighted by molar-refractivity contribution is 7.80. The second-order valence-corrected chi connectivity index (χ2v) is 5.48. The minimum Gasteiger partial charge on any atom is -0.389 e. The lowest BCUT2D eigenvalue weighted by Gasteiger charge is -2.21. The van der Waals surface area contributed by atoms with Crippen LogP contribution >= 0.6 is 12.2 Å². The van der Waals surface area contributed by atoms with E-state index in [0.29, 0.717) is 10.8 Å². The average Bonchev–Trinajstić information content (AvgIpc) is 2.45. The van der Waals surface area contributed by atoms with Crippen molar-refractivity contribution in [3.8, 4) is 0 Å². The number of pyridine rings is 1. The molecule has 1 atom stereocenters. The van der Waals surface area contributed by atoms with Gasteiger partial charge in [-0.15, -0.1) is 0 Å². The zero-order valence-electron chi connectivity index (χ0n) is 11.8. The molecular weight excluding hydrogens is 272 g/mol. The fourth-order valence-electron chi connectivity index (χ4n) is 2.42. The number of hydrogen-bond donors (Lipinski definition) is 3. The summed E-state index contributed by atoms with van der Waals surface area (Å²) in [5.74, 6) is 0.507. The first-order valence-corrected chi connectivity index (χ1v) is 7.24. The highest BCUT2D eigenvalue weighted by Crippen LogP contribution is 2.25. The molecule has 1 aromatic heterocycles. The van der Waals surface area contributed by atoms with Crippen LogP contribution in [0.2, 0.25) is 0 Å². The molecule has 0 aliphatic heterocycles. The van der Waals surface area contributed by atoms with Crippen molar-refractivity contribution >= 4 is 28.9 Å². The lowest BCUT2D eigenvalue weighted by molar-refractivity contribution is -0.121. The van der Waals surface area contributed by atoms with Gasteiger partial charge in [-0.1, -0.05) is 12.2 Å². The first-order chi connectivity index (χ1) is 9.52. The van der Waals surface area contributed by atoms with E-state index in [1.165, 1.54) is 12.0 Å². The number of aryl methyl sites for hydroxylation is 2. The number of thiocarbonyl (C=S) groups is 1. The van der Waals surface area contributed by atoms with Gasteiger partial charge in [-0.05, 0) is 44.2 Å². The number of carbonyl (C=O) groups is 1. The van der Waals surface area contributed by atoms with Crippen LogP contribution in [-0.4, -0.2) is 29.0 Å². The van der Waals surface area contributed by atoms with Crippen LogP contribution < -0.4 is 16.4 Å². The summed E-state index contributed by atoms with van der Waals surface area (Å²) >= 11 is 5.10. The van der Waals surface area contributed by atoms with Gasteiger partial charge in [0.2, 0.25) is 5.91 Å². The Bertz CT molecular complexity index is 544. The van der Waals surface area contributed by atoms with Crippen molar-refractivity contribution in [2.24, 2.45) is 5.73 Å². The van der Waals surface area contributed by atoms with Gasteiger partial charge in [-0.2, -0.15) is 0 Å². The fraction of sp³-hybridized carbons (Fsp3) is 0.500. The van der Waals surface area contributed by atoms with Crippen molar-refractivity contribution in [3.05, 3.63) is 22.9 Å². The van der Waals surface area contributed by atoms with Crippen LogP contribution in [0.3, 0.4) is 0 Å². The molecule has 1 heterocycles. The van der Waals surface area contributed by atoms with Gasteiger partial charge in [0.15, 0.2) is 0 Å². The molecule has 1 aliphatic rings. The smallest absolute Gasteiger partial charge is 0.241 e. The molecule has 0 aromatic carbocycles.